The lowest BCUT2D eigenvalue weighted by molar-refractivity contribution is 0.654. The number of terminal acetylenes is 1. The van der Waals surface area contributed by atoms with Crippen LogP contribution in [0.3, 0.4) is 0 Å². The minimum atomic E-state index is -0.307. The van der Waals surface area contributed by atoms with Crippen LogP contribution in [0.1, 0.15) is 23.0 Å². The van der Waals surface area contributed by atoms with Crippen molar-refractivity contribution in [3.05, 3.63) is 29.1 Å². The number of nitrogens with one attached hydrogen (secondary N) is 1. The Morgan fingerprint density at radius 2 is 2.23 bits per heavy atom. The van der Waals surface area contributed by atoms with Gasteiger partial charge in [-0.1, -0.05) is 5.92 Å². The van der Waals surface area contributed by atoms with E-state index in [4.69, 9.17) is 12.3 Å². The number of aromatic nitrogens is 1. The van der Waals surface area contributed by atoms with Gasteiger partial charge < -0.3 is 0 Å². The monoisotopic (exact) mass is 175 g/mol. The molecule has 0 radical (unpaired) electrons. The van der Waals surface area contributed by atoms with Crippen LogP contribution in [0, 0.1) is 26.2 Å². The van der Waals surface area contributed by atoms with Gasteiger partial charge in [0.1, 0.15) is 6.04 Å². The van der Waals surface area contributed by atoms with Gasteiger partial charge in [0.25, 0.3) is 0 Å². The van der Waals surface area contributed by atoms with Crippen molar-refractivity contribution < 1.29 is 0 Å². The van der Waals surface area contributed by atoms with E-state index in [1.54, 1.807) is 0 Å². The molecule has 3 nitrogen and oxygen atoms in total. The fraction of sp³-hybridized carbons (Fsp3) is 0.300. The van der Waals surface area contributed by atoms with Crippen LogP contribution in [0.15, 0.2) is 12.1 Å². The van der Waals surface area contributed by atoms with Gasteiger partial charge >= 0.3 is 0 Å². The second kappa shape index (κ2) is 4.04. The second-order valence-electron chi connectivity index (χ2n) is 2.98. The molecule has 68 valence electrons. The normalized spacial score (nSPS) is 12.2. The van der Waals surface area contributed by atoms with Gasteiger partial charge in [0.2, 0.25) is 0 Å². The van der Waals surface area contributed by atoms with Crippen LogP contribution >= 0.6 is 0 Å². The first-order chi connectivity index (χ1) is 6.17. The van der Waals surface area contributed by atoms with Crippen molar-refractivity contribution in [3.8, 4) is 12.3 Å². The van der Waals surface area contributed by atoms with Gasteiger partial charge in [-0.3, -0.25) is 10.8 Å². The summed E-state index contributed by atoms with van der Waals surface area (Å²) in [7, 11) is 0. The number of nitrogens with two attached hydrogens (primary N) is 1. The van der Waals surface area contributed by atoms with E-state index in [1.807, 2.05) is 26.0 Å². The summed E-state index contributed by atoms with van der Waals surface area (Å²) >= 11 is 0. The second-order valence-corrected chi connectivity index (χ2v) is 2.98. The Morgan fingerprint density at radius 3 is 2.69 bits per heavy atom. The molecule has 1 aromatic heterocycles. The minimum absolute atomic E-state index is 0.307. The van der Waals surface area contributed by atoms with Crippen LogP contribution in [0.5, 0.6) is 0 Å². The third-order valence-electron chi connectivity index (χ3n) is 1.75. The zero-order valence-corrected chi connectivity index (χ0v) is 7.83. The van der Waals surface area contributed by atoms with Crippen molar-refractivity contribution in [2.75, 3.05) is 0 Å². The Balaban J connectivity index is 3.08. The summed E-state index contributed by atoms with van der Waals surface area (Å²) < 4.78 is 0. The predicted octanol–water partition coefficient (Wildman–Crippen LogP) is 0.836. The van der Waals surface area contributed by atoms with E-state index >= 15 is 0 Å². The first-order valence-corrected chi connectivity index (χ1v) is 4.05. The van der Waals surface area contributed by atoms with E-state index in [1.165, 1.54) is 0 Å². The molecule has 3 heteroatoms. The van der Waals surface area contributed by atoms with Crippen molar-refractivity contribution in [1.82, 2.24) is 10.4 Å². The highest BCUT2D eigenvalue weighted by molar-refractivity contribution is 5.25. The number of hydrogen-bond donors (Lipinski definition) is 2. The van der Waals surface area contributed by atoms with E-state index in [0.717, 1.165) is 17.0 Å². The average molecular weight is 175 g/mol. The lowest BCUT2D eigenvalue weighted by atomic mass is 10.1. The topological polar surface area (TPSA) is 50.9 Å². The van der Waals surface area contributed by atoms with E-state index in [-0.39, 0.29) is 6.04 Å². The summed E-state index contributed by atoms with van der Waals surface area (Å²) in [6, 6.07) is 3.61. The standard InChI is InChI=1S/C10H13N3/c1-4-9(13-11)10-6-7(2)5-8(3)12-10/h1,5-6,9,13H,11H2,2-3H3. The maximum Gasteiger partial charge on any atom is 0.124 e. The first-order valence-electron chi connectivity index (χ1n) is 4.05. The van der Waals surface area contributed by atoms with Gasteiger partial charge in [-0.25, -0.2) is 5.43 Å². The van der Waals surface area contributed by atoms with Gasteiger partial charge in [-0.2, -0.15) is 0 Å². The lowest BCUT2D eigenvalue weighted by Crippen LogP contribution is -2.27. The van der Waals surface area contributed by atoms with Crippen LogP contribution in [-0.2, 0) is 0 Å². The number of hydrogen-bond acceptors (Lipinski definition) is 3. The lowest BCUT2D eigenvalue weighted by Gasteiger charge is -2.09. The molecule has 1 atom stereocenters. The summed E-state index contributed by atoms with van der Waals surface area (Å²) in [6.07, 6.45) is 5.28. The SMILES string of the molecule is C#CC(NN)c1cc(C)cc(C)n1. The van der Waals surface area contributed by atoms with Crippen LogP contribution in [0.4, 0.5) is 0 Å². The molecule has 0 fully saturated rings. The molecule has 1 aromatic rings. The summed E-state index contributed by atoms with van der Waals surface area (Å²) in [6.45, 7) is 3.93. The van der Waals surface area contributed by atoms with Crippen LogP contribution in [0.25, 0.3) is 0 Å². The molecule has 0 aliphatic carbocycles. The molecular weight excluding hydrogens is 162 g/mol. The van der Waals surface area contributed by atoms with Crippen molar-refractivity contribution in [2.45, 2.75) is 19.9 Å². The Bertz CT molecular complexity index is 318. The van der Waals surface area contributed by atoms with Crippen LogP contribution < -0.4 is 11.3 Å². The molecule has 0 saturated carbocycles. The maximum atomic E-state index is 5.28. The smallest absolute Gasteiger partial charge is 0.124 e. The minimum Gasteiger partial charge on any atom is -0.270 e. The Hall–Kier alpha value is -1.37. The quantitative estimate of drug-likeness (QED) is 0.398. The fourth-order valence-electron chi connectivity index (χ4n) is 1.24. The third kappa shape index (κ3) is 2.28. The average Bonchev–Trinajstić information content (AvgIpc) is 2.04. The molecule has 0 spiro atoms. The van der Waals surface area contributed by atoms with E-state index in [0.29, 0.717) is 0 Å². The Kier molecular flexibility index (Phi) is 3.02. The van der Waals surface area contributed by atoms with E-state index in [2.05, 4.69) is 16.3 Å². The summed E-state index contributed by atoms with van der Waals surface area (Å²) in [4.78, 5) is 4.29. The molecule has 3 N–H and O–H groups in total. The Morgan fingerprint density at radius 1 is 1.54 bits per heavy atom. The van der Waals surface area contributed by atoms with Crippen LogP contribution in [-0.4, -0.2) is 4.98 Å². The molecule has 13 heavy (non-hydrogen) atoms. The Labute approximate surface area is 78.3 Å². The number of nitrogens with zero attached hydrogens (tertiary/aromatic N) is 1. The highest BCUT2D eigenvalue weighted by Gasteiger charge is 2.07. The molecule has 1 heterocycles. The highest BCUT2D eigenvalue weighted by atomic mass is 15.2. The molecule has 1 unspecified atom stereocenters. The fourth-order valence-corrected chi connectivity index (χ4v) is 1.24. The molecular formula is C10H13N3. The molecule has 0 amide bonds. The predicted molar refractivity (Wildman–Crippen MR) is 52.6 cm³/mol. The molecule has 1 rings (SSSR count). The van der Waals surface area contributed by atoms with Crippen molar-refractivity contribution in [3.63, 3.8) is 0 Å². The van der Waals surface area contributed by atoms with E-state index in [9.17, 15) is 0 Å². The molecule has 0 aromatic carbocycles. The van der Waals surface area contributed by atoms with Gasteiger partial charge in [0.15, 0.2) is 0 Å². The van der Waals surface area contributed by atoms with Crippen molar-refractivity contribution >= 4 is 0 Å². The first kappa shape index (κ1) is 9.72. The molecule has 0 aliphatic rings. The van der Waals surface area contributed by atoms with Crippen LogP contribution in [0.2, 0.25) is 0 Å². The number of pyridine rings is 1. The summed E-state index contributed by atoms with van der Waals surface area (Å²) in [5.41, 5.74) is 5.40. The highest BCUT2D eigenvalue weighted by Crippen LogP contribution is 2.11. The largest absolute Gasteiger partial charge is 0.270 e. The van der Waals surface area contributed by atoms with Gasteiger partial charge in [-0.15, -0.1) is 6.42 Å². The molecule has 0 aliphatic heterocycles. The number of hydrazine groups is 1. The van der Waals surface area contributed by atoms with Gasteiger partial charge in [0.05, 0.1) is 5.69 Å². The molecule has 0 bridgehead atoms. The molecule has 0 saturated heterocycles. The van der Waals surface area contributed by atoms with E-state index < -0.39 is 0 Å². The summed E-state index contributed by atoms with van der Waals surface area (Å²) in [5.74, 6) is 7.81. The third-order valence-corrected chi connectivity index (χ3v) is 1.75. The zero-order valence-electron chi connectivity index (χ0n) is 7.83. The zero-order chi connectivity index (χ0) is 9.84. The maximum absolute atomic E-state index is 5.28. The van der Waals surface area contributed by atoms with Gasteiger partial charge in [0, 0.05) is 5.69 Å². The van der Waals surface area contributed by atoms with Crippen molar-refractivity contribution in [2.24, 2.45) is 5.84 Å². The van der Waals surface area contributed by atoms with Crippen molar-refractivity contribution in [1.29, 1.82) is 0 Å². The van der Waals surface area contributed by atoms with Gasteiger partial charge in [-0.05, 0) is 31.5 Å². The number of rotatable bonds is 2. The number of aryl methyl sites for hydroxylation is 2. The summed E-state index contributed by atoms with van der Waals surface area (Å²) in [5, 5.41) is 0.